The molecular weight excluding hydrogens is 454 g/mol. The Bertz CT molecular complexity index is 1300. The first-order chi connectivity index (χ1) is 17.4. The van der Waals surface area contributed by atoms with Gasteiger partial charge in [-0.05, 0) is 61.9 Å². The van der Waals surface area contributed by atoms with E-state index in [4.69, 9.17) is 4.74 Å². The number of rotatable bonds is 6. The number of carbonyl (C=O) groups excluding carboxylic acids is 4. The summed E-state index contributed by atoms with van der Waals surface area (Å²) in [5.41, 5.74) is 3.41. The van der Waals surface area contributed by atoms with E-state index in [1.165, 1.54) is 22.6 Å². The molecule has 36 heavy (non-hydrogen) atoms. The second kappa shape index (κ2) is 9.90. The molecule has 3 aromatic rings. The van der Waals surface area contributed by atoms with E-state index < -0.39 is 5.97 Å². The third-order valence-corrected chi connectivity index (χ3v) is 7.27. The number of esters is 1. The normalized spacial score (nSPS) is 21.2. The molecule has 5 rings (SSSR count). The number of hydrogen-bond acceptors (Lipinski definition) is 5. The third kappa shape index (κ3) is 4.59. The summed E-state index contributed by atoms with van der Waals surface area (Å²) in [6, 6.07) is 23.4. The number of benzene rings is 3. The van der Waals surface area contributed by atoms with Crippen LogP contribution in [-0.4, -0.2) is 30.2 Å². The van der Waals surface area contributed by atoms with Crippen LogP contribution in [0.2, 0.25) is 0 Å². The summed E-state index contributed by atoms with van der Waals surface area (Å²) in [7, 11) is 0. The van der Waals surface area contributed by atoms with Crippen LogP contribution < -0.4 is 4.90 Å². The van der Waals surface area contributed by atoms with Crippen molar-refractivity contribution in [3.63, 3.8) is 0 Å². The highest BCUT2D eigenvalue weighted by Gasteiger charge is 2.50. The number of aryl methyl sites for hydroxylation is 1. The SMILES string of the molecule is Cc1ccc(C(=O)COC(=O)c2ccc(N3C(=O)[C@H]4C[C@@H](c5ccccc5)CC[C@H]4C3=O)cc2)cc1. The Balaban J connectivity index is 1.23. The van der Waals surface area contributed by atoms with Crippen LogP contribution in [0.4, 0.5) is 5.69 Å². The Hall–Kier alpha value is -4.06. The molecule has 1 saturated carbocycles. The fraction of sp³-hybridized carbons (Fsp3) is 0.267. The van der Waals surface area contributed by atoms with Crippen LogP contribution in [-0.2, 0) is 14.3 Å². The monoisotopic (exact) mass is 481 g/mol. The van der Waals surface area contributed by atoms with Crippen molar-refractivity contribution >= 4 is 29.3 Å². The lowest BCUT2D eigenvalue weighted by Gasteiger charge is -2.28. The summed E-state index contributed by atoms with van der Waals surface area (Å²) in [6.07, 6.45) is 2.23. The number of amides is 2. The van der Waals surface area contributed by atoms with Gasteiger partial charge in [-0.25, -0.2) is 4.79 Å². The first-order valence-electron chi connectivity index (χ1n) is 12.2. The van der Waals surface area contributed by atoms with Crippen LogP contribution in [0, 0.1) is 18.8 Å². The number of carbonyl (C=O) groups is 4. The molecule has 1 aliphatic carbocycles. The molecule has 0 unspecified atom stereocenters. The molecule has 0 aromatic heterocycles. The number of fused-ring (bicyclic) bond motifs is 1. The molecule has 2 amide bonds. The van der Waals surface area contributed by atoms with Gasteiger partial charge in [0, 0.05) is 5.56 Å². The molecule has 3 aromatic carbocycles. The van der Waals surface area contributed by atoms with Crippen LogP contribution >= 0.6 is 0 Å². The summed E-state index contributed by atoms with van der Waals surface area (Å²) in [4.78, 5) is 52.4. The molecule has 6 nitrogen and oxygen atoms in total. The smallest absolute Gasteiger partial charge is 0.338 e. The second-order valence-corrected chi connectivity index (χ2v) is 9.56. The number of hydrogen-bond donors (Lipinski definition) is 0. The highest BCUT2D eigenvalue weighted by Crippen LogP contribution is 2.45. The zero-order chi connectivity index (χ0) is 25.2. The Morgan fingerprint density at radius 1 is 0.806 bits per heavy atom. The Kier molecular flexibility index (Phi) is 6.51. The fourth-order valence-corrected chi connectivity index (χ4v) is 5.25. The van der Waals surface area contributed by atoms with Crippen LogP contribution in [0.1, 0.15) is 57.0 Å². The molecule has 0 spiro atoms. The zero-order valence-corrected chi connectivity index (χ0v) is 20.1. The number of anilines is 1. The molecule has 182 valence electrons. The van der Waals surface area contributed by atoms with E-state index in [2.05, 4.69) is 12.1 Å². The summed E-state index contributed by atoms with van der Waals surface area (Å²) < 4.78 is 5.18. The second-order valence-electron chi connectivity index (χ2n) is 9.56. The summed E-state index contributed by atoms with van der Waals surface area (Å²) in [6.45, 7) is 1.56. The molecule has 2 aliphatic rings. The largest absolute Gasteiger partial charge is 0.454 e. The maximum atomic E-state index is 13.3. The van der Waals surface area contributed by atoms with Gasteiger partial charge in [-0.3, -0.25) is 19.3 Å². The molecule has 1 aliphatic heterocycles. The van der Waals surface area contributed by atoms with E-state index in [0.717, 1.165) is 12.0 Å². The lowest BCUT2D eigenvalue weighted by Crippen LogP contribution is -2.30. The Morgan fingerprint density at radius 3 is 2.14 bits per heavy atom. The number of nitrogens with zero attached hydrogens (tertiary/aromatic N) is 1. The molecule has 6 heteroatoms. The maximum Gasteiger partial charge on any atom is 0.338 e. The van der Waals surface area contributed by atoms with Crippen LogP contribution in [0.3, 0.4) is 0 Å². The van der Waals surface area contributed by atoms with Gasteiger partial charge in [0.05, 0.1) is 23.1 Å². The first kappa shape index (κ1) is 23.7. The average molecular weight is 482 g/mol. The van der Waals surface area contributed by atoms with Gasteiger partial charge in [0.2, 0.25) is 11.8 Å². The van der Waals surface area contributed by atoms with Gasteiger partial charge >= 0.3 is 5.97 Å². The molecule has 0 radical (unpaired) electrons. The van der Waals surface area contributed by atoms with Crippen LogP contribution in [0.25, 0.3) is 0 Å². The predicted octanol–water partition coefficient (Wildman–Crippen LogP) is 5.11. The summed E-state index contributed by atoms with van der Waals surface area (Å²) in [5, 5.41) is 0. The van der Waals surface area contributed by atoms with Gasteiger partial charge in [0.1, 0.15) is 0 Å². The molecule has 1 heterocycles. The van der Waals surface area contributed by atoms with E-state index in [1.54, 1.807) is 24.3 Å². The maximum absolute atomic E-state index is 13.3. The lowest BCUT2D eigenvalue weighted by molar-refractivity contribution is -0.122. The van der Waals surface area contributed by atoms with Gasteiger partial charge in [-0.2, -0.15) is 0 Å². The number of imide groups is 1. The quantitative estimate of drug-likeness (QED) is 0.278. The van der Waals surface area contributed by atoms with Crippen molar-refractivity contribution in [1.82, 2.24) is 0 Å². The molecule has 0 N–H and O–H groups in total. The topological polar surface area (TPSA) is 80.8 Å². The molecule has 0 bridgehead atoms. The summed E-state index contributed by atoms with van der Waals surface area (Å²) in [5.74, 6) is -1.63. The average Bonchev–Trinajstić information content (AvgIpc) is 3.17. The predicted molar refractivity (Wildman–Crippen MR) is 135 cm³/mol. The van der Waals surface area contributed by atoms with E-state index in [-0.39, 0.29) is 47.5 Å². The summed E-state index contributed by atoms with van der Waals surface area (Å²) >= 11 is 0. The van der Waals surface area contributed by atoms with E-state index in [0.29, 0.717) is 24.1 Å². The molecule has 2 fully saturated rings. The minimum Gasteiger partial charge on any atom is -0.454 e. The minimum atomic E-state index is -0.638. The first-order valence-corrected chi connectivity index (χ1v) is 12.2. The van der Waals surface area contributed by atoms with Crippen molar-refractivity contribution in [3.05, 3.63) is 101 Å². The van der Waals surface area contributed by atoms with Crippen molar-refractivity contribution < 1.29 is 23.9 Å². The number of ether oxygens (including phenoxy) is 1. The van der Waals surface area contributed by atoms with E-state index in [9.17, 15) is 19.2 Å². The van der Waals surface area contributed by atoms with Crippen molar-refractivity contribution in [1.29, 1.82) is 0 Å². The minimum absolute atomic E-state index is 0.171. The van der Waals surface area contributed by atoms with Crippen molar-refractivity contribution in [2.45, 2.75) is 32.1 Å². The Morgan fingerprint density at radius 2 is 1.44 bits per heavy atom. The van der Waals surface area contributed by atoms with Gasteiger partial charge < -0.3 is 4.74 Å². The van der Waals surface area contributed by atoms with Crippen molar-refractivity contribution in [2.24, 2.45) is 11.8 Å². The van der Waals surface area contributed by atoms with Crippen LogP contribution in [0.15, 0.2) is 78.9 Å². The highest BCUT2D eigenvalue weighted by molar-refractivity contribution is 6.22. The molecular formula is C30H27NO5. The van der Waals surface area contributed by atoms with Crippen molar-refractivity contribution in [2.75, 3.05) is 11.5 Å². The van der Waals surface area contributed by atoms with Crippen LogP contribution in [0.5, 0.6) is 0 Å². The molecule has 1 saturated heterocycles. The Labute approximate surface area is 209 Å². The van der Waals surface area contributed by atoms with Crippen molar-refractivity contribution in [3.8, 4) is 0 Å². The third-order valence-electron chi connectivity index (χ3n) is 7.27. The van der Waals surface area contributed by atoms with Gasteiger partial charge in [-0.15, -0.1) is 0 Å². The zero-order valence-electron chi connectivity index (χ0n) is 20.1. The molecule has 3 atom stereocenters. The number of ketones is 1. The van der Waals surface area contributed by atoms with Gasteiger partial charge in [0.25, 0.3) is 0 Å². The van der Waals surface area contributed by atoms with E-state index in [1.807, 2.05) is 37.3 Å². The number of Topliss-reactive ketones (excluding diaryl/α,β-unsaturated/α-hetero) is 1. The van der Waals surface area contributed by atoms with E-state index >= 15 is 0 Å². The highest BCUT2D eigenvalue weighted by atomic mass is 16.5. The van der Waals surface area contributed by atoms with Gasteiger partial charge in [0.15, 0.2) is 12.4 Å². The standard InChI is InChI=1S/C30H27NO5/c1-19-7-9-21(10-8-19)27(32)18-36-30(35)22-11-14-24(15-12-22)31-28(33)25-16-13-23(17-26(25)29(31)34)20-5-3-2-4-6-20/h2-12,14-15,23,25-26H,13,16-18H2,1H3/t23-,25+,26-/m0/s1. The van der Waals surface area contributed by atoms with Gasteiger partial charge in [-0.1, -0.05) is 60.2 Å². The fourth-order valence-electron chi connectivity index (χ4n) is 5.25. The lowest BCUT2D eigenvalue weighted by atomic mass is 9.73.